The van der Waals surface area contributed by atoms with Crippen LogP contribution in [0, 0.1) is 13.8 Å². The number of amides is 2. The first-order valence-corrected chi connectivity index (χ1v) is 5.60. The second-order valence-corrected chi connectivity index (χ2v) is 4.30. The fourth-order valence-corrected chi connectivity index (χ4v) is 2.21. The lowest BCUT2D eigenvalue weighted by molar-refractivity contribution is 0.141. The molecule has 2 N–H and O–H groups in total. The highest BCUT2D eigenvalue weighted by Gasteiger charge is 2.31. The highest BCUT2D eigenvalue weighted by Crippen LogP contribution is 2.33. The Labute approximate surface area is 94.6 Å². The van der Waals surface area contributed by atoms with E-state index in [0.717, 1.165) is 36.3 Å². The number of aryl methyl sites for hydroxylation is 1. The van der Waals surface area contributed by atoms with E-state index in [1.165, 1.54) is 0 Å². The number of primary amides is 1. The van der Waals surface area contributed by atoms with Gasteiger partial charge in [-0.15, -0.1) is 0 Å². The van der Waals surface area contributed by atoms with Crippen LogP contribution in [0.3, 0.4) is 0 Å². The summed E-state index contributed by atoms with van der Waals surface area (Å²) >= 11 is 0. The lowest BCUT2D eigenvalue weighted by Gasteiger charge is -2.33. The Morgan fingerprint density at radius 1 is 1.50 bits per heavy atom. The predicted molar refractivity (Wildman–Crippen MR) is 58.9 cm³/mol. The van der Waals surface area contributed by atoms with E-state index in [9.17, 15) is 4.79 Å². The average Bonchev–Trinajstić information content (AvgIpc) is 2.60. The molecule has 2 rings (SSSR count). The van der Waals surface area contributed by atoms with Crippen molar-refractivity contribution in [2.45, 2.75) is 39.2 Å². The summed E-state index contributed by atoms with van der Waals surface area (Å²) in [4.78, 5) is 13.0. The van der Waals surface area contributed by atoms with Crippen LogP contribution in [0.1, 0.15) is 42.3 Å². The van der Waals surface area contributed by atoms with Crippen LogP contribution in [0.25, 0.3) is 0 Å². The first-order chi connectivity index (χ1) is 7.61. The standard InChI is InChI=1S/C11H17N3O2/c1-7-8(2)13-16-10(7)9-5-3-4-6-14(9)11(12)15/h9H,3-6H2,1-2H3,(H2,12,15). The van der Waals surface area contributed by atoms with Crippen molar-refractivity contribution in [1.29, 1.82) is 0 Å². The van der Waals surface area contributed by atoms with E-state index < -0.39 is 0 Å². The molecule has 0 saturated carbocycles. The lowest BCUT2D eigenvalue weighted by Crippen LogP contribution is -2.41. The number of hydrogen-bond donors (Lipinski definition) is 1. The van der Waals surface area contributed by atoms with Gasteiger partial charge in [-0.05, 0) is 33.1 Å². The van der Waals surface area contributed by atoms with Gasteiger partial charge >= 0.3 is 6.03 Å². The molecule has 0 aliphatic carbocycles. The summed E-state index contributed by atoms with van der Waals surface area (Å²) in [5, 5.41) is 3.93. The van der Waals surface area contributed by atoms with Crippen molar-refractivity contribution in [2.24, 2.45) is 5.73 Å². The molecule has 1 atom stereocenters. The van der Waals surface area contributed by atoms with Gasteiger partial charge in [-0.1, -0.05) is 5.16 Å². The second-order valence-electron chi connectivity index (χ2n) is 4.30. The molecule has 88 valence electrons. The van der Waals surface area contributed by atoms with E-state index in [1.807, 2.05) is 13.8 Å². The second kappa shape index (κ2) is 4.15. The summed E-state index contributed by atoms with van der Waals surface area (Å²) in [6, 6.07) is -0.411. The molecule has 1 saturated heterocycles. The van der Waals surface area contributed by atoms with Gasteiger partial charge in [0.1, 0.15) is 0 Å². The van der Waals surface area contributed by atoms with Gasteiger partial charge in [0.2, 0.25) is 0 Å². The number of hydrogen-bond acceptors (Lipinski definition) is 3. The maximum Gasteiger partial charge on any atom is 0.315 e. The normalized spacial score (nSPS) is 21.1. The van der Waals surface area contributed by atoms with Crippen molar-refractivity contribution in [1.82, 2.24) is 10.1 Å². The summed E-state index contributed by atoms with van der Waals surface area (Å²) in [5.41, 5.74) is 7.28. The van der Waals surface area contributed by atoms with Crippen LogP contribution < -0.4 is 5.73 Å². The Morgan fingerprint density at radius 2 is 2.25 bits per heavy atom. The van der Waals surface area contributed by atoms with Crippen molar-refractivity contribution in [3.63, 3.8) is 0 Å². The van der Waals surface area contributed by atoms with Crippen LogP contribution in [0.2, 0.25) is 0 Å². The van der Waals surface area contributed by atoms with E-state index in [1.54, 1.807) is 4.90 Å². The molecule has 5 heteroatoms. The van der Waals surface area contributed by atoms with Gasteiger partial charge in [0, 0.05) is 12.1 Å². The summed E-state index contributed by atoms with van der Waals surface area (Å²) < 4.78 is 5.32. The predicted octanol–water partition coefficient (Wildman–Crippen LogP) is 1.90. The summed E-state index contributed by atoms with van der Waals surface area (Å²) in [6.07, 6.45) is 3.00. The van der Waals surface area contributed by atoms with Gasteiger partial charge < -0.3 is 15.2 Å². The molecule has 5 nitrogen and oxygen atoms in total. The maximum absolute atomic E-state index is 11.3. The van der Waals surface area contributed by atoms with Crippen molar-refractivity contribution in [3.8, 4) is 0 Å². The minimum atomic E-state index is -0.377. The molecule has 0 bridgehead atoms. The third-order valence-electron chi connectivity index (χ3n) is 3.28. The van der Waals surface area contributed by atoms with Crippen molar-refractivity contribution >= 4 is 6.03 Å². The number of nitrogens with two attached hydrogens (primary N) is 1. The summed E-state index contributed by atoms with van der Waals surface area (Å²) in [6.45, 7) is 4.58. The summed E-state index contributed by atoms with van der Waals surface area (Å²) in [5.74, 6) is 0.788. The Balaban J connectivity index is 2.30. The molecule has 16 heavy (non-hydrogen) atoms. The number of carbonyl (C=O) groups excluding carboxylic acids is 1. The Bertz CT molecular complexity index is 400. The molecule has 2 amide bonds. The van der Waals surface area contributed by atoms with Gasteiger partial charge in [-0.2, -0.15) is 0 Å². The number of likely N-dealkylation sites (tertiary alicyclic amines) is 1. The number of piperidine rings is 1. The SMILES string of the molecule is Cc1noc(C2CCCCN2C(N)=O)c1C. The molecule has 0 aromatic carbocycles. The average molecular weight is 223 g/mol. The topological polar surface area (TPSA) is 72.4 Å². The number of urea groups is 1. The van der Waals surface area contributed by atoms with E-state index in [-0.39, 0.29) is 12.1 Å². The third kappa shape index (κ3) is 1.77. The molecular weight excluding hydrogens is 206 g/mol. The molecular formula is C11H17N3O2. The molecule has 1 unspecified atom stereocenters. The first kappa shape index (κ1) is 11.0. The molecule has 1 fully saturated rings. The zero-order chi connectivity index (χ0) is 11.7. The molecule has 0 radical (unpaired) electrons. The van der Waals surface area contributed by atoms with Crippen LogP contribution >= 0.6 is 0 Å². The molecule has 1 aliphatic heterocycles. The minimum absolute atomic E-state index is 0.0348. The number of carbonyl (C=O) groups is 1. The van der Waals surface area contributed by atoms with E-state index in [0.29, 0.717) is 6.54 Å². The van der Waals surface area contributed by atoms with Crippen LogP contribution in [0.15, 0.2) is 4.52 Å². The Morgan fingerprint density at radius 3 is 2.81 bits per heavy atom. The highest BCUT2D eigenvalue weighted by molar-refractivity contribution is 5.72. The van der Waals surface area contributed by atoms with Crippen LogP contribution in [0.4, 0.5) is 4.79 Å². The molecule has 1 aliphatic rings. The van der Waals surface area contributed by atoms with Crippen molar-refractivity contribution in [3.05, 3.63) is 17.0 Å². The lowest BCUT2D eigenvalue weighted by atomic mass is 9.98. The monoisotopic (exact) mass is 223 g/mol. The number of nitrogens with zero attached hydrogens (tertiary/aromatic N) is 2. The van der Waals surface area contributed by atoms with Gasteiger partial charge in [0.05, 0.1) is 11.7 Å². The molecule has 0 spiro atoms. The van der Waals surface area contributed by atoms with E-state index in [4.69, 9.17) is 10.3 Å². The fourth-order valence-electron chi connectivity index (χ4n) is 2.21. The third-order valence-corrected chi connectivity index (χ3v) is 3.28. The zero-order valence-corrected chi connectivity index (χ0v) is 9.69. The number of aromatic nitrogens is 1. The van der Waals surface area contributed by atoms with Crippen LogP contribution in [-0.2, 0) is 0 Å². The molecule has 2 heterocycles. The Hall–Kier alpha value is -1.52. The fraction of sp³-hybridized carbons (Fsp3) is 0.636. The van der Waals surface area contributed by atoms with E-state index >= 15 is 0 Å². The van der Waals surface area contributed by atoms with Gasteiger partial charge in [-0.25, -0.2) is 4.79 Å². The highest BCUT2D eigenvalue weighted by atomic mass is 16.5. The largest absolute Gasteiger partial charge is 0.359 e. The van der Waals surface area contributed by atoms with Crippen LogP contribution in [0.5, 0.6) is 0 Å². The maximum atomic E-state index is 11.3. The van der Waals surface area contributed by atoms with Gasteiger partial charge in [0.15, 0.2) is 5.76 Å². The van der Waals surface area contributed by atoms with Gasteiger partial charge in [0.25, 0.3) is 0 Å². The van der Waals surface area contributed by atoms with Gasteiger partial charge in [-0.3, -0.25) is 0 Å². The smallest absolute Gasteiger partial charge is 0.315 e. The van der Waals surface area contributed by atoms with Crippen molar-refractivity contribution in [2.75, 3.05) is 6.54 Å². The number of rotatable bonds is 1. The molecule has 1 aromatic rings. The Kier molecular flexibility index (Phi) is 2.85. The first-order valence-electron chi connectivity index (χ1n) is 5.60. The quantitative estimate of drug-likeness (QED) is 0.790. The molecule has 1 aromatic heterocycles. The van der Waals surface area contributed by atoms with Crippen LogP contribution in [-0.4, -0.2) is 22.6 Å². The summed E-state index contributed by atoms with van der Waals surface area (Å²) in [7, 11) is 0. The van der Waals surface area contributed by atoms with Crippen molar-refractivity contribution < 1.29 is 9.32 Å². The van der Waals surface area contributed by atoms with E-state index in [2.05, 4.69) is 5.16 Å². The zero-order valence-electron chi connectivity index (χ0n) is 9.69. The minimum Gasteiger partial charge on any atom is -0.359 e.